The van der Waals surface area contributed by atoms with Crippen LogP contribution in [0.4, 0.5) is 0 Å². The summed E-state index contributed by atoms with van der Waals surface area (Å²) in [6.45, 7) is 0.500. The summed E-state index contributed by atoms with van der Waals surface area (Å²) in [5.41, 5.74) is 1.23. The van der Waals surface area contributed by atoms with Gasteiger partial charge in [0.1, 0.15) is 11.8 Å². The molecule has 2 heterocycles. The minimum Gasteiger partial charge on any atom is -0.516 e. The summed E-state index contributed by atoms with van der Waals surface area (Å²) in [5, 5.41) is 8.85. The standard InChI is InChI=1S/C8H7ClN4O/c9-7-6-8(11-4-10-7)13(5-12-6)2-1-3-14/h1,3-5,14H,2H2. The second-order valence-corrected chi connectivity index (χ2v) is 2.98. The maximum absolute atomic E-state index is 8.52. The number of aliphatic hydroxyl groups is 1. The molecule has 2 aromatic rings. The first-order valence-electron chi connectivity index (χ1n) is 3.93. The molecule has 0 atom stereocenters. The van der Waals surface area contributed by atoms with Crippen LogP contribution < -0.4 is 0 Å². The molecule has 0 aliphatic carbocycles. The van der Waals surface area contributed by atoms with Gasteiger partial charge in [0.15, 0.2) is 10.8 Å². The smallest absolute Gasteiger partial charge is 0.165 e. The number of imidazole rings is 1. The molecule has 6 heteroatoms. The van der Waals surface area contributed by atoms with E-state index in [9.17, 15) is 0 Å². The number of fused-ring (bicyclic) bond motifs is 1. The fourth-order valence-electron chi connectivity index (χ4n) is 1.15. The van der Waals surface area contributed by atoms with Gasteiger partial charge in [-0.2, -0.15) is 0 Å². The molecule has 2 rings (SSSR count). The Morgan fingerprint density at radius 3 is 3.07 bits per heavy atom. The van der Waals surface area contributed by atoms with Crippen molar-refractivity contribution in [2.24, 2.45) is 0 Å². The lowest BCUT2D eigenvalue weighted by atomic mass is 10.5. The van der Waals surface area contributed by atoms with Crippen molar-refractivity contribution >= 4 is 22.8 Å². The maximum Gasteiger partial charge on any atom is 0.165 e. The maximum atomic E-state index is 8.52. The van der Waals surface area contributed by atoms with Crippen LogP contribution in [0.15, 0.2) is 25.0 Å². The van der Waals surface area contributed by atoms with Crippen LogP contribution in [0.2, 0.25) is 5.15 Å². The zero-order chi connectivity index (χ0) is 9.97. The van der Waals surface area contributed by atoms with E-state index in [-0.39, 0.29) is 0 Å². The number of hydrogen-bond acceptors (Lipinski definition) is 4. The highest BCUT2D eigenvalue weighted by Gasteiger charge is 2.06. The highest BCUT2D eigenvalue weighted by atomic mass is 35.5. The van der Waals surface area contributed by atoms with Crippen LogP contribution in [0.25, 0.3) is 11.2 Å². The van der Waals surface area contributed by atoms with Crippen molar-refractivity contribution in [1.82, 2.24) is 19.5 Å². The third-order valence-corrected chi connectivity index (χ3v) is 2.04. The van der Waals surface area contributed by atoms with Gasteiger partial charge in [-0.3, -0.25) is 0 Å². The van der Waals surface area contributed by atoms with Crippen LogP contribution in [0.3, 0.4) is 0 Å². The predicted octanol–water partition coefficient (Wildman–Crippen LogP) is 1.55. The summed E-state index contributed by atoms with van der Waals surface area (Å²) in [4.78, 5) is 11.9. The molecule has 0 radical (unpaired) electrons. The molecule has 5 nitrogen and oxygen atoms in total. The first-order chi connectivity index (χ1) is 6.83. The summed E-state index contributed by atoms with van der Waals surface area (Å²) in [6, 6.07) is 0. The van der Waals surface area contributed by atoms with Crippen LogP contribution in [0.5, 0.6) is 0 Å². The molecule has 1 N–H and O–H groups in total. The van der Waals surface area contributed by atoms with E-state index in [4.69, 9.17) is 16.7 Å². The Balaban J connectivity index is 2.52. The third kappa shape index (κ3) is 1.42. The molecule has 0 aliphatic rings. The van der Waals surface area contributed by atoms with E-state index in [0.29, 0.717) is 22.9 Å². The Kier molecular flexibility index (Phi) is 2.32. The lowest BCUT2D eigenvalue weighted by Crippen LogP contribution is -1.94. The van der Waals surface area contributed by atoms with Crippen LogP contribution >= 0.6 is 11.6 Å². The number of rotatable bonds is 2. The minimum atomic E-state index is 0.335. The summed E-state index contributed by atoms with van der Waals surface area (Å²) < 4.78 is 1.76. The SMILES string of the molecule is OC=CCn1cnc2c(Cl)ncnc21. The molecule has 0 saturated heterocycles. The van der Waals surface area contributed by atoms with Crippen molar-refractivity contribution in [1.29, 1.82) is 0 Å². The molecule has 0 spiro atoms. The molecule has 0 bridgehead atoms. The average molecular weight is 211 g/mol. The quantitative estimate of drug-likeness (QED) is 0.604. The normalized spacial score (nSPS) is 11.5. The average Bonchev–Trinajstić information content (AvgIpc) is 2.60. The van der Waals surface area contributed by atoms with Crippen LogP contribution in [-0.2, 0) is 6.54 Å². The highest BCUT2D eigenvalue weighted by Crippen LogP contribution is 2.16. The van der Waals surface area contributed by atoms with Gasteiger partial charge in [0.25, 0.3) is 0 Å². The molecular weight excluding hydrogens is 204 g/mol. The largest absolute Gasteiger partial charge is 0.516 e. The number of aromatic nitrogens is 4. The minimum absolute atomic E-state index is 0.335. The summed E-state index contributed by atoms with van der Waals surface area (Å²) in [5.74, 6) is 0. The van der Waals surface area contributed by atoms with Crippen LogP contribution in [-0.4, -0.2) is 24.6 Å². The van der Waals surface area contributed by atoms with Gasteiger partial charge in [-0.15, -0.1) is 0 Å². The van der Waals surface area contributed by atoms with E-state index < -0.39 is 0 Å². The molecule has 14 heavy (non-hydrogen) atoms. The Morgan fingerprint density at radius 1 is 1.43 bits per heavy atom. The lowest BCUT2D eigenvalue weighted by Gasteiger charge is -1.97. The van der Waals surface area contributed by atoms with E-state index in [2.05, 4.69) is 15.0 Å². The summed E-state index contributed by atoms with van der Waals surface area (Å²) in [7, 11) is 0. The van der Waals surface area contributed by atoms with Gasteiger partial charge in [0.05, 0.1) is 12.6 Å². The van der Waals surface area contributed by atoms with E-state index in [0.717, 1.165) is 6.26 Å². The molecule has 0 saturated carbocycles. The van der Waals surface area contributed by atoms with Crippen molar-refractivity contribution in [2.45, 2.75) is 6.54 Å². The highest BCUT2D eigenvalue weighted by molar-refractivity contribution is 6.33. The van der Waals surface area contributed by atoms with Gasteiger partial charge in [-0.05, 0) is 6.08 Å². The lowest BCUT2D eigenvalue weighted by molar-refractivity contribution is 0.469. The molecule has 0 aliphatic heterocycles. The molecule has 0 aromatic carbocycles. The van der Waals surface area contributed by atoms with Gasteiger partial charge in [-0.25, -0.2) is 15.0 Å². The van der Waals surface area contributed by atoms with Gasteiger partial charge in [0, 0.05) is 6.54 Å². The predicted molar refractivity (Wildman–Crippen MR) is 52.1 cm³/mol. The van der Waals surface area contributed by atoms with E-state index in [1.165, 1.54) is 6.33 Å². The van der Waals surface area contributed by atoms with Gasteiger partial charge >= 0.3 is 0 Å². The summed E-state index contributed by atoms with van der Waals surface area (Å²) in [6.07, 6.45) is 5.54. The number of allylic oxidation sites excluding steroid dienone is 1. The molecule has 0 amide bonds. The van der Waals surface area contributed by atoms with Crippen molar-refractivity contribution in [3.05, 3.63) is 30.1 Å². The molecular formula is C8H7ClN4O. The van der Waals surface area contributed by atoms with Crippen molar-refractivity contribution in [3.8, 4) is 0 Å². The monoisotopic (exact) mass is 210 g/mol. The van der Waals surface area contributed by atoms with E-state index in [1.54, 1.807) is 17.0 Å². The first kappa shape index (κ1) is 8.96. The molecule has 0 fully saturated rings. The Labute approximate surface area is 84.7 Å². The fraction of sp³-hybridized carbons (Fsp3) is 0.125. The van der Waals surface area contributed by atoms with Crippen molar-refractivity contribution in [2.75, 3.05) is 0 Å². The Morgan fingerprint density at radius 2 is 2.29 bits per heavy atom. The Bertz CT molecular complexity index is 479. The van der Waals surface area contributed by atoms with Crippen LogP contribution in [0.1, 0.15) is 0 Å². The third-order valence-electron chi connectivity index (χ3n) is 1.76. The number of hydrogen-bond donors (Lipinski definition) is 1. The van der Waals surface area contributed by atoms with Crippen molar-refractivity contribution in [3.63, 3.8) is 0 Å². The topological polar surface area (TPSA) is 63.8 Å². The van der Waals surface area contributed by atoms with Crippen LogP contribution in [0, 0.1) is 0 Å². The van der Waals surface area contributed by atoms with E-state index in [1.807, 2.05) is 0 Å². The second kappa shape index (κ2) is 3.63. The van der Waals surface area contributed by atoms with E-state index >= 15 is 0 Å². The molecule has 2 aromatic heterocycles. The fourth-order valence-corrected chi connectivity index (χ4v) is 1.32. The van der Waals surface area contributed by atoms with Gasteiger partial charge in [-0.1, -0.05) is 11.6 Å². The molecule has 0 unspecified atom stereocenters. The van der Waals surface area contributed by atoms with Crippen molar-refractivity contribution < 1.29 is 5.11 Å². The molecule has 72 valence electrons. The van der Waals surface area contributed by atoms with Gasteiger partial charge in [0.2, 0.25) is 0 Å². The number of nitrogens with zero attached hydrogens (tertiary/aromatic N) is 4. The zero-order valence-electron chi connectivity index (χ0n) is 7.13. The second-order valence-electron chi connectivity index (χ2n) is 2.62. The Hall–Kier alpha value is -1.62. The zero-order valence-corrected chi connectivity index (χ0v) is 7.89. The van der Waals surface area contributed by atoms with Gasteiger partial charge < -0.3 is 9.67 Å². The number of aliphatic hydroxyl groups excluding tert-OH is 1. The summed E-state index contributed by atoms with van der Waals surface area (Å²) >= 11 is 5.81. The number of halogens is 1. The first-order valence-corrected chi connectivity index (χ1v) is 4.31.